The van der Waals surface area contributed by atoms with Crippen LogP contribution < -0.4 is 0 Å². The topological polar surface area (TPSA) is 21.7 Å². The summed E-state index contributed by atoms with van der Waals surface area (Å²) in [7, 11) is 2.14. The number of hydrogen-bond donors (Lipinski definition) is 0. The molecule has 0 aliphatic carbocycles. The van der Waals surface area contributed by atoms with E-state index in [4.69, 9.17) is 9.47 Å². The van der Waals surface area contributed by atoms with Crippen molar-refractivity contribution in [3.05, 3.63) is 35.9 Å². The van der Waals surface area contributed by atoms with Gasteiger partial charge in [-0.25, -0.2) is 4.90 Å². The maximum atomic E-state index is 6.61. The van der Waals surface area contributed by atoms with Gasteiger partial charge in [-0.3, -0.25) is 0 Å². The molecule has 2 heterocycles. The molecular formula is C18H26BrNO2. The highest BCUT2D eigenvalue weighted by molar-refractivity contribution is 9.09. The number of hydrogen-bond acceptors (Lipinski definition) is 3. The second kappa shape index (κ2) is 6.23. The molecule has 2 aliphatic rings. The standard InChI is InChI=1S/C18H26BrNO2/c1-12(2)16-10-15(11-19)21-18(16)20(4)13(3)17(22-18)14-8-6-5-7-9-14/h5-9,12-13,15-17H,10-11H2,1-4H3/t13-,15+,16-,17-,18-/m1/s1. The number of nitrogens with zero attached hydrogens (tertiary/aromatic N) is 1. The van der Waals surface area contributed by atoms with Gasteiger partial charge in [0.2, 0.25) is 5.91 Å². The summed E-state index contributed by atoms with van der Waals surface area (Å²) >= 11 is 3.58. The van der Waals surface area contributed by atoms with Gasteiger partial charge in [0.05, 0.1) is 6.10 Å². The summed E-state index contributed by atoms with van der Waals surface area (Å²) in [5, 5.41) is 0.861. The summed E-state index contributed by atoms with van der Waals surface area (Å²) < 4.78 is 13.0. The molecule has 2 fully saturated rings. The third kappa shape index (κ3) is 2.54. The van der Waals surface area contributed by atoms with E-state index in [9.17, 15) is 0 Å². The molecular weight excluding hydrogens is 342 g/mol. The van der Waals surface area contributed by atoms with Gasteiger partial charge in [0.15, 0.2) is 0 Å². The number of ether oxygens (including phenoxy) is 2. The fraction of sp³-hybridized carbons (Fsp3) is 0.667. The van der Waals surface area contributed by atoms with Gasteiger partial charge in [-0.05, 0) is 31.9 Å². The molecule has 5 atom stereocenters. The molecule has 0 N–H and O–H groups in total. The van der Waals surface area contributed by atoms with Crippen LogP contribution in [0.15, 0.2) is 30.3 Å². The molecule has 1 aromatic rings. The Kier molecular flexibility index (Phi) is 4.66. The highest BCUT2D eigenvalue weighted by atomic mass is 79.9. The first-order valence-corrected chi connectivity index (χ1v) is 9.31. The highest BCUT2D eigenvalue weighted by Gasteiger charge is 2.60. The quantitative estimate of drug-likeness (QED) is 0.747. The van der Waals surface area contributed by atoms with Gasteiger partial charge in [-0.1, -0.05) is 60.1 Å². The van der Waals surface area contributed by atoms with E-state index in [1.807, 2.05) is 6.07 Å². The van der Waals surface area contributed by atoms with E-state index in [-0.39, 0.29) is 18.2 Å². The van der Waals surface area contributed by atoms with Crippen molar-refractivity contribution in [2.24, 2.45) is 11.8 Å². The minimum absolute atomic E-state index is 0.0570. The molecule has 2 aliphatic heterocycles. The number of benzene rings is 1. The molecule has 4 heteroatoms. The van der Waals surface area contributed by atoms with Crippen molar-refractivity contribution in [2.45, 2.75) is 51.4 Å². The fourth-order valence-corrected chi connectivity index (χ4v) is 4.29. The van der Waals surface area contributed by atoms with Crippen LogP contribution in [-0.2, 0) is 9.47 Å². The SMILES string of the molecule is CC(C)[C@H]1C[C@@H](CBr)O[C@@]12O[C@@H](c1ccccc1)[C@@H](C)N2C. The number of halogens is 1. The van der Waals surface area contributed by atoms with Crippen molar-refractivity contribution >= 4 is 15.9 Å². The van der Waals surface area contributed by atoms with Crippen molar-refractivity contribution in [1.82, 2.24) is 4.90 Å². The van der Waals surface area contributed by atoms with Gasteiger partial charge in [0.1, 0.15) is 6.10 Å². The monoisotopic (exact) mass is 367 g/mol. The van der Waals surface area contributed by atoms with Crippen LogP contribution in [0.1, 0.15) is 38.9 Å². The van der Waals surface area contributed by atoms with Gasteiger partial charge in [-0.15, -0.1) is 0 Å². The fourth-order valence-electron chi connectivity index (χ4n) is 3.89. The lowest BCUT2D eigenvalue weighted by molar-refractivity contribution is -0.292. The Labute approximate surface area is 142 Å². The van der Waals surface area contributed by atoms with Gasteiger partial charge in [0.25, 0.3) is 0 Å². The van der Waals surface area contributed by atoms with Crippen molar-refractivity contribution in [2.75, 3.05) is 12.4 Å². The van der Waals surface area contributed by atoms with Crippen LogP contribution in [0.2, 0.25) is 0 Å². The normalized spacial score (nSPS) is 39.2. The zero-order chi connectivity index (χ0) is 15.9. The maximum absolute atomic E-state index is 6.61. The summed E-state index contributed by atoms with van der Waals surface area (Å²) in [6, 6.07) is 10.8. The van der Waals surface area contributed by atoms with Gasteiger partial charge < -0.3 is 9.47 Å². The van der Waals surface area contributed by atoms with Crippen LogP contribution in [0.5, 0.6) is 0 Å². The molecule has 0 amide bonds. The highest BCUT2D eigenvalue weighted by Crippen LogP contribution is 2.52. The van der Waals surface area contributed by atoms with E-state index in [2.05, 4.69) is 72.9 Å². The van der Waals surface area contributed by atoms with Crippen molar-refractivity contribution in [3.8, 4) is 0 Å². The van der Waals surface area contributed by atoms with E-state index in [0.717, 1.165) is 11.8 Å². The Hall–Kier alpha value is -0.420. The Morgan fingerprint density at radius 3 is 2.55 bits per heavy atom. The smallest absolute Gasteiger partial charge is 0.234 e. The summed E-state index contributed by atoms with van der Waals surface area (Å²) in [5.41, 5.74) is 1.23. The maximum Gasteiger partial charge on any atom is 0.234 e. The first-order chi connectivity index (χ1) is 10.5. The van der Waals surface area contributed by atoms with Crippen LogP contribution in [0, 0.1) is 11.8 Å². The second-order valence-corrected chi connectivity index (χ2v) is 7.56. The molecule has 3 rings (SSSR count). The molecule has 0 unspecified atom stereocenters. The minimum Gasteiger partial charge on any atom is -0.333 e. The van der Waals surface area contributed by atoms with Crippen LogP contribution in [0.4, 0.5) is 0 Å². The van der Waals surface area contributed by atoms with E-state index in [1.165, 1.54) is 5.56 Å². The predicted molar refractivity (Wildman–Crippen MR) is 91.8 cm³/mol. The average Bonchev–Trinajstić information content (AvgIpc) is 3.02. The molecule has 3 nitrogen and oxygen atoms in total. The van der Waals surface area contributed by atoms with Crippen molar-refractivity contribution in [1.29, 1.82) is 0 Å². The summed E-state index contributed by atoms with van der Waals surface area (Å²) in [5.74, 6) is 0.316. The van der Waals surface area contributed by atoms with Crippen molar-refractivity contribution in [3.63, 3.8) is 0 Å². The van der Waals surface area contributed by atoms with E-state index < -0.39 is 5.91 Å². The van der Waals surface area contributed by atoms with Crippen molar-refractivity contribution < 1.29 is 9.47 Å². The van der Waals surface area contributed by atoms with Crippen LogP contribution in [0.3, 0.4) is 0 Å². The molecule has 22 heavy (non-hydrogen) atoms. The zero-order valence-electron chi connectivity index (χ0n) is 13.8. The second-order valence-electron chi connectivity index (χ2n) is 6.91. The summed E-state index contributed by atoms with van der Waals surface area (Å²) in [4.78, 5) is 2.30. The average molecular weight is 368 g/mol. The molecule has 1 spiro atoms. The number of likely N-dealkylation sites (N-methyl/N-ethyl adjacent to an activating group) is 1. The number of alkyl halides is 1. The zero-order valence-corrected chi connectivity index (χ0v) is 15.4. The van der Waals surface area contributed by atoms with E-state index >= 15 is 0 Å². The van der Waals surface area contributed by atoms with Crippen LogP contribution in [0.25, 0.3) is 0 Å². The molecule has 0 saturated carbocycles. The molecule has 122 valence electrons. The molecule has 0 aromatic heterocycles. The van der Waals surface area contributed by atoms with Gasteiger partial charge >= 0.3 is 0 Å². The Bertz CT molecular complexity index is 509. The Morgan fingerprint density at radius 1 is 1.27 bits per heavy atom. The first kappa shape index (κ1) is 16.4. The van der Waals surface area contributed by atoms with E-state index in [1.54, 1.807) is 0 Å². The van der Waals surface area contributed by atoms with Crippen LogP contribution in [-0.4, -0.2) is 35.3 Å². The van der Waals surface area contributed by atoms with E-state index in [0.29, 0.717) is 11.8 Å². The third-order valence-corrected chi connectivity index (χ3v) is 5.98. The number of rotatable bonds is 3. The lowest BCUT2D eigenvalue weighted by atomic mass is 9.89. The molecule has 0 bridgehead atoms. The predicted octanol–water partition coefficient (Wildman–Crippen LogP) is 4.19. The third-order valence-electron chi connectivity index (χ3n) is 5.26. The van der Waals surface area contributed by atoms with Crippen LogP contribution >= 0.6 is 15.9 Å². The Balaban J connectivity index is 1.93. The molecule has 0 radical (unpaired) electrons. The lowest BCUT2D eigenvalue weighted by Gasteiger charge is -2.38. The minimum atomic E-state index is -0.591. The molecule has 2 saturated heterocycles. The summed E-state index contributed by atoms with van der Waals surface area (Å²) in [6.07, 6.45) is 1.32. The Morgan fingerprint density at radius 2 is 1.95 bits per heavy atom. The first-order valence-electron chi connectivity index (χ1n) is 8.19. The van der Waals surface area contributed by atoms with Gasteiger partial charge in [0, 0.05) is 17.3 Å². The summed E-state index contributed by atoms with van der Waals surface area (Å²) in [6.45, 7) is 6.77. The lowest BCUT2D eigenvalue weighted by Crippen LogP contribution is -2.51. The molecule has 1 aromatic carbocycles. The largest absolute Gasteiger partial charge is 0.333 e. The van der Waals surface area contributed by atoms with Gasteiger partial charge in [-0.2, -0.15) is 0 Å².